The van der Waals surface area contributed by atoms with Crippen LogP contribution in [-0.4, -0.2) is 16.5 Å². The summed E-state index contributed by atoms with van der Waals surface area (Å²) >= 11 is 2.75. The molecule has 0 atom stereocenters. The first-order valence-corrected chi connectivity index (χ1v) is 4.88. The van der Waals surface area contributed by atoms with Crippen molar-refractivity contribution in [1.29, 1.82) is 0 Å². The van der Waals surface area contributed by atoms with Crippen LogP contribution in [0.2, 0.25) is 0 Å². The molecule has 1 rings (SSSR count). The highest BCUT2D eigenvalue weighted by molar-refractivity contribution is 9.10. The number of pyridine rings is 1. The molecule has 3 nitrogen and oxygen atoms in total. The molecule has 0 aliphatic carbocycles. The summed E-state index contributed by atoms with van der Waals surface area (Å²) in [5.74, 6) is -1.09. The molecular formula is C8H5BrF5NO2. The largest absolute Gasteiger partial charge is 0.574 e. The molecule has 0 fully saturated rings. The summed E-state index contributed by atoms with van der Waals surface area (Å²) in [6, 6.07) is 0.819. The fourth-order valence-corrected chi connectivity index (χ4v) is 1.51. The zero-order chi connectivity index (χ0) is 13.2. The van der Waals surface area contributed by atoms with E-state index in [0.29, 0.717) is 0 Å². The Morgan fingerprint density at radius 1 is 1.41 bits per heavy atom. The van der Waals surface area contributed by atoms with Crippen LogP contribution in [0.4, 0.5) is 22.0 Å². The van der Waals surface area contributed by atoms with E-state index in [1.165, 1.54) is 0 Å². The highest BCUT2D eigenvalue weighted by Crippen LogP contribution is 2.32. The average molecular weight is 322 g/mol. The Morgan fingerprint density at radius 3 is 2.41 bits per heavy atom. The van der Waals surface area contributed by atoms with Crippen LogP contribution in [0.15, 0.2) is 10.5 Å². The number of nitrogens with zero attached hydrogens (tertiary/aromatic N) is 1. The molecule has 0 aliphatic heterocycles. The second-order valence-corrected chi connectivity index (χ2v) is 3.67. The highest BCUT2D eigenvalue weighted by atomic mass is 79.9. The van der Waals surface area contributed by atoms with Crippen LogP contribution in [0.5, 0.6) is 5.88 Å². The van der Waals surface area contributed by atoms with E-state index in [2.05, 4.69) is 25.7 Å². The summed E-state index contributed by atoms with van der Waals surface area (Å²) in [5.41, 5.74) is -1.24. The molecule has 9 heteroatoms. The SMILES string of the molecule is OCc1c(Br)cc(C(F)F)nc1OC(F)(F)F. The molecule has 1 aromatic heterocycles. The van der Waals surface area contributed by atoms with Gasteiger partial charge in [-0.2, -0.15) is 0 Å². The van der Waals surface area contributed by atoms with Gasteiger partial charge in [0, 0.05) is 4.47 Å². The molecule has 0 aromatic carbocycles. The van der Waals surface area contributed by atoms with Gasteiger partial charge in [0.05, 0.1) is 12.2 Å². The quantitative estimate of drug-likeness (QED) is 0.869. The zero-order valence-corrected chi connectivity index (χ0v) is 9.52. The second-order valence-electron chi connectivity index (χ2n) is 2.82. The van der Waals surface area contributed by atoms with Gasteiger partial charge >= 0.3 is 6.36 Å². The van der Waals surface area contributed by atoms with Crippen molar-refractivity contribution in [3.05, 3.63) is 21.8 Å². The zero-order valence-electron chi connectivity index (χ0n) is 7.93. The minimum Gasteiger partial charge on any atom is -0.391 e. The van der Waals surface area contributed by atoms with Crippen molar-refractivity contribution in [3.8, 4) is 5.88 Å². The third-order valence-corrected chi connectivity index (χ3v) is 2.35. The van der Waals surface area contributed by atoms with E-state index in [1.54, 1.807) is 0 Å². The number of hydrogen-bond donors (Lipinski definition) is 1. The Morgan fingerprint density at radius 2 is 2.00 bits per heavy atom. The smallest absolute Gasteiger partial charge is 0.391 e. The van der Waals surface area contributed by atoms with Crippen LogP contribution in [-0.2, 0) is 6.61 Å². The Bertz CT molecular complexity index is 410. The van der Waals surface area contributed by atoms with Gasteiger partial charge in [0.2, 0.25) is 5.88 Å². The van der Waals surface area contributed by atoms with Crippen molar-refractivity contribution in [2.75, 3.05) is 0 Å². The van der Waals surface area contributed by atoms with Gasteiger partial charge in [-0.1, -0.05) is 15.9 Å². The normalized spacial score (nSPS) is 12.0. The number of hydrogen-bond acceptors (Lipinski definition) is 3. The Kier molecular flexibility index (Phi) is 4.26. The molecule has 0 aliphatic rings. The number of rotatable bonds is 3. The van der Waals surface area contributed by atoms with Crippen molar-refractivity contribution < 1.29 is 31.8 Å². The first-order valence-electron chi connectivity index (χ1n) is 4.08. The maximum absolute atomic E-state index is 12.3. The molecule has 1 N–H and O–H groups in total. The molecule has 0 saturated carbocycles. The van der Waals surface area contributed by atoms with Crippen molar-refractivity contribution in [1.82, 2.24) is 4.98 Å². The van der Waals surface area contributed by atoms with Crippen LogP contribution in [0.25, 0.3) is 0 Å². The maximum atomic E-state index is 12.3. The van der Waals surface area contributed by atoms with E-state index in [-0.39, 0.29) is 10.0 Å². The number of alkyl halides is 5. The summed E-state index contributed by atoms with van der Waals surface area (Å²) < 4.78 is 63.9. The molecule has 0 amide bonds. The molecule has 0 unspecified atom stereocenters. The monoisotopic (exact) mass is 321 g/mol. The summed E-state index contributed by atoms with van der Waals surface area (Å²) in [5, 5.41) is 8.82. The summed E-state index contributed by atoms with van der Waals surface area (Å²) in [7, 11) is 0. The van der Waals surface area contributed by atoms with Crippen molar-refractivity contribution in [2.24, 2.45) is 0 Å². The minimum atomic E-state index is -5.07. The predicted octanol–water partition coefficient (Wildman–Crippen LogP) is 3.17. The molecule has 0 spiro atoms. The maximum Gasteiger partial charge on any atom is 0.574 e. The number of aliphatic hydroxyl groups is 1. The Balaban J connectivity index is 3.24. The van der Waals surface area contributed by atoms with E-state index < -0.39 is 31.0 Å². The first-order chi connectivity index (χ1) is 7.74. The van der Waals surface area contributed by atoms with Crippen LogP contribution in [0, 0.1) is 0 Å². The molecule has 1 aromatic rings. The topological polar surface area (TPSA) is 42.4 Å². The van der Waals surface area contributed by atoms with E-state index in [9.17, 15) is 22.0 Å². The van der Waals surface area contributed by atoms with Crippen LogP contribution in [0.1, 0.15) is 17.7 Å². The van der Waals surface area contributed by atoms with Crippen molar-refractivity contribution in [2.45, 2.75) is 19.4 Å². The van der Waals surface area contributed by atoms with Gasteiger partial charge < -0.3 is 9.84 Å². The van der Waals surface area contributed by atoms with Crippen molar-refractivity contribution >= 4 is 15.9 Å². The van der Waals surface area contributed by atoms with E-state index >= 15 is 0 Å². The third-order valence-electron chi connectivity index (χ3n) is 1.65. The predicted molar refractivity (Wildman–Crippen MR) is 49.5 cm³/mol. The Hall–Kier alpha value is -0.960. The number of ether oxygens (including phenoxy) is 1. The lowest BCUT2D eigenvalue weighted by Crippen LogP contribution is -2.19. The fourth-order valence-electron chi connectivity index (χ4n) is 0.985. The van der Waals surface area contributed by atoms with Gasteiger partial charge in [0.15, 0.2) is 0 Å². The van der Waals surface area contributed by atoms with Gasteiger partial charge in [-0.15, -0.1) is 13.2 Å². The van der Waals surface area contributed by atoms with Crippen LogP contribution in [0.3, 0.4) is 0 Å². The lowest BCUT2D eigenvalue weighted by Gasteiger charge is -2.13. The number of halogens is 6. The van der Waals surface area contributed by atoms with Gasteiger partial charge in [0.1, 0.15) is 5.69 Å². The molecule has 1 heterocycles. The van der Waals surface area contributed by atoms with Gasteiger partial charge in [-0.3, -0.25) is 0 Å². The lowest BCUT2D eigenvalue weighted by molar-refractivity contribution is -0.276. The fraction of sp³-hybridized carbons (Fsp3) is 0.375. The summed E-state index contributed by atoms with van der Waals surface area (Å²) in [6.45, 7) is -0.831. The van der Waals surface area contributed by atoms with E-state index in [1.807, 2.05) is 0 Å². The second kappa shape index (κ2) is 5.13. The highest BCUT2D eigenvalue weighted by Gasteiger charge is 2.34. The number of aromatic nitrogens is 1. The van der Waals surface area contributed by atoms with Crippen molar-refractivity contribution in [3.63, 3.8) is 0 Å². The minimum absolute atomic E-state index is 0.135. The third kappa shape index (κ3) is 3.77. The van der Waals surface area contributed by atoms with Crippen LogP contribution < -0.4 is 4.74 Å². The van der Waals surface area contributed by atoms with Gasteiger partial charge in [-0.25, -0.2) is 13.8 Å². The summed E-state index contributed by atoms with van der Waals surface area (Å²) in [6.07, 6.45) is -8.12. The van der Waals surface area contributed by atoms with Gasteiger partial charge in [-0.05, 0) is 6.07 Å². The molecule has 96 valence electrons. The Labute approximate surface area is 100 Å². The van der Waals surface area contributed by atoms with E-state index in [0.717, 1.165) is 6.07 Å². The standard InChI is InChI=1S/C8H5BrF5NO2/c9-4-1-5(6(10)11)15-7(3(4)2-16)17-8(12,13)14/h1,6,16H,2H2. The lowest BCUT2D eigenvalue weighted by atomic mass is 10.2. The molecule has 0 bridgehead atoms. The summed E-state index contributed by atoms with van der Waals surface area (Å²) in [4.78, 5) is 3.01. The molecule has 0 saturated heterocycles. The number of aliphatic hydroxyl groups excluding tert-OH is 1. The molecule has 0 radical (unpaired) electrons. The van der Waals surface area contributed by atoms with Crippen LogP contribution >= 0.6 is 15.9 Å². The van der Waals surface area contributed by atoms with Gasteiger partial charge in [0.25, 0.3) is 6.43 Å². The molecular weight excluding hydrogens is 317 g/mol. The first kappa shape index (κ1) is 14.1. The average Bonchev–Trinajstić information content (AvgIpc) is 2.14. The van der Waals surface area contributed by atoms with E-state index in [4.69, 9.17) is 5.11 Å². The molecule has 17 heavy (non-hydrogen) atoms.